The van der Waals surface area contributed by atoms with Gasteiger partial charge in [0.1, 0.15) is 5.82 Å². The smallest absolute Gasteiger partial charge is 0.221 e. The van der Waals surface area contributed by atoms with Gasteiger partial charge in [-0.25, -0.2) is 4.39 Å². The summed E-state index contributed by atoms with van der Waals surface area (Å²) in [7, 11) is 0. The monoisotopic (exact) mass is 294 g/mol. The van der Waals surface area contributed by atoms with Crippen LogP contribution in [0.5, 0.6) is 0 Å². The minimum atomic E-state index is -0.447. The Balaban J connectivity index is 1.86. The lowest BCUT2D eigenvalue weighted by molar-refractivity contribution is -0.122. The minimum Gasteiger partial charge on any atom is -0.378 e. The minimum absolute atomic E-state index is 0.0394. The van der Waals surface area contributed by atoms with E-state index in [0.717, 1.165) is 6.54 Å². The normalized spacial score (nSPS) is 19.3. The van der Waals surface area contributed by atoms with Gasteiger partial charge >= 0.3 is 0 Å². The van der Waals surface area contributed by atoms with Crippen LogP contribution in [-0.2, 0) is 14.9 Å². The van der Waals surface area contributed by atoms with Crippen molar-refractivity contribution in [2.75, 3.05) is 26.3 Å². The Morgan fingerprint density at radius 1 is 1.48 bits per heavy atom. The van der Waals surface area contributed by atoms with Crippen molar-refractivity contribution < 1.29 is 13.9 Å². The molecule has 0 aliphatic carbocycles. The van der Waals surface area contributed by atoms with Gasteiger partial charge < -0.3 is 15.4 Å². The fraction of sp³-hybridized carbons (Fsp3) is 0.562. The summed E-state index contributed by atoms with van der Waals surface area (Å²) >= 11 is 0. The van der Waals surface area contributed by atoms with E-state index in [2.05, 4.69) is 10.6 Å². The Hall–Kier alpha value is -1.46. The Morgan fingerprint density at radius 2 is 2.24 bits per heavy atom. The molecule has 1 aliphatic rings. The van der Waals surface area contributed by atoms with Crippen LogP contribution in [0, 0.1) is 5.82 Å². The first kappa shape index (κ1) is 15.9. The second-order valence-corrected chi connectivity index (χ2v) is 6.07. The highest BCUT2D eigenvalue weighted by Crippen LogP contribution is 2.24. The Bertz CT molecular complexity index is 485. The van der Waals surface area contributed by atoms with Gasteiger partial charge in [-0.15, -0.1) is 0 Å². The van der Waals surface area contributed by atoms with Crippen LogP contribution < -0.4 is 10.6 Å². The number of morpholine rings is 1. The molecule has 2 rings (SSSR count). The van der Waals surface area contributed by atoms with Crippen molar-refractivity contribution in [1.29, 1.82) is 0 Å². The van der Waals surface area contributed by atoms with Gasteiger partial charge in [0.15, 0.2) is 0 Å². The second-order valence-electron chi connectivity index (χ2n) is 6.07. The van der Waals surface area contributed by atoms with Crippen LogP contribution >= 0.6 is 0 Å². The highest BCUT2D eigenvalue weighted by atomic mass is 19.1. The van der Waals surface area contributed by atoms with Gasteiger partial charge in [-0.2, -0.15) is 0 Å². The first-order valence-corrected chi connectivity index (χ1v) is 7.32. The van der Waals surface area contributed by atoms with Crippen LogP contribution in [0.1, 0.15) is 25.8 Å². The first-order chi connectivity index (χ1) is 9.99. The zero-order chi connectivity index (χ0) is 15.3. The molecule has 0 aromatic heterocycles. The summed E-state index contributed by atoms with van der Waals surface area (Å²) in [5.74, 6) is -0.276. The third-order valence-electron chi connectivity index (χ3n) is 3.76. The topological polar surface area (TPSA) is 50.4 Å². The summed E-state index contributed by atoms with van der Waals surface area (Å²) in [5.41, 5.74) is 0.168. The molecule has 5 heteroatoms. The van der Waals surface area contributed by atoms with Crippen molar-refractivity contribution in [2.24, 2.45) is 0 Å². The lowest BCUT2D eigenvalue weighted by atomic mass is 9.84. The van der Waals surface area contributed by atoms with E-state index in [0.29, 0.717) is 31.7 Å². The van der Waals surface area contributed by atoms with E-state index in [1.54, 1.807) is 12.1 Å². The summed E-state index contributed by atoms with van der Waals surface area (Å²) < 4.78 is 19.2. The average molecular weight is 294 g/mol. The summed E-state index contributed by atoms with van der Waals surface area (Å²) in [5, 5.41) is 6.14. The number of benzene rings is 1. The standard InChI is InChI=1S/C16H23FN2O2/c1-16(2,13-5-3-4-6-14(13)17)11-19-15(20)9-12-10-21-8-7-18-12/h3-6,12,18H,7-11H2,1-2H3,(H,19,20). The van der Waals surface area contributed by atoms with Gasteiger partial charge in [0.2, 0.25) is 5.91 Å². The molecule has 1 unspecified atom stereocenters. The maximum Gasteiger partial charge on any atom is 0.221 e. The molecule has 1 fully saturated rings. The molecule has 1 aromatic rings. The second kappa shape index (κ2) is 7.00. The molecule has 1 amide bonds. The number of ether oxygens (including phenoxy) is 1. The van der Waals surface area contributed by atoms with Crippen LogP contribution in [0.2, 0.25) is 0 Å². The number of nitrogens with one attached hydrogen (secondary N) is 2. The van der Waals surface area contributed by atoms with E-state index >= 15 is 0 Å². The van der Waals surface area contributed by atoms with E-state index in [1.807, 2.05) is 19.9 Å². The molecule has 4 nitrogen and oxygen atoms in total. The van der Waals surface area contributed by atoms with E-state index < -0.39 is 5.41 Å². The molecule has 1 aromatic carbocycles. The predicted molar refractivity (Wildman–Crippen MR) is 79.7 cm³/mol. The van der Waals surface area contributed by atoms with Crippen LogP contribution in [-0.4, -0.2) is 38.3 Å². The Labute approximate surface area is 125 Å². The molecule has 1 aliphatic heterocycles. The van der Waals surface area contributed by atoms with E-state index in [-0.39, 0.29) is 17.8 Å². The number of rotatable bonds is 5. The molecule has 1 atom stereocenters. The SMILES string of the molecule is CC(C)(CNC(=O)CC1COCCN1)c1ccccc1F. The average Bonchev–Trinajstić information content (AvgIpc) is 2.47. The largest absolute Gasteiger partial charge is 0.378 e. The Morgan fingerprint density at radius 3 is 2.90 bits per heavy atom. The van der Waals surface area contributed by atoms with Crippen molar-refractivity contribution in [2.45, 2.75) is 31.7 Å². The fourth-order valence-corrected chi connectivity index (χ4v) is 2.47. The number of carbonyl (C=O) groups excluding carboxylic acids is 1. The summed E-state index contributed by atoms with van der Waals surface area (Å²) in [6.07, 6.45) is 0.382. The number of halogens is 1. The summed E-state index contributed by atoms with van der Waals surface area (Å²) in [6, 6.07) is 6.75. The van der Waals surface area contributed by atoms with Crippen molar-refractivity contribution in [1.82, 2.24) is 10.6 Å². The zero-order valence-electron chi connectivity index (χ0n) is 12.6. The van der Waals surface area contributed by atoms with E-state index in [9.17, 15) is 9.18 Å². The molecule has 1 saturated heterocycles. The quantitative estimate of drug-likeness (QED) is 0.867. The van der Waals surface area contributed by atoms with Crippen LogP contribution in [0.15, 0.2) is 24.3 Å². The fourth-order valence-electron chi connectivity index (χ4n) is 2.47. The number of hydrogen-bond donors (Lipinski definition) is 2. The van der Waals surface area contributed by atoms with Gasteiger partial charge in [-0.3, -0.25) is 4.79 Å². The maximum atomic E-state index is 13.8. The highest BCUT2D eigenvalue weighted by Gasteiger charge is 2.25. The van der Waals surface area contributed by atoms with Crippen molar-refractivity contribution in [3.05, 3.63) is 35.6 Å². The number of hydrogen-bond acceptors (Lipinski definition) is 3. The number of carbonyl (C=O) groups is 1. The zero-order valence-corrected chi connectivity index (χ0v) is 12.6. The third kappa shape index (κ3) is 4.51. The molecule has 0 bridgehead atoms. The van der Waals surface area contributed by atoms with Gasteiger partial charge in [-0.1, -0.05) is 32.0 Å². The molecule has 116 valence electrons. The Kier molecular flexibility index (Phi) is 5.31. The van der Waals surface area contributed by atoms with Crippen molar-refractivity contribution >= 4 is 5.91 Å². The lowest BCUT2D eigenvalue weighted by Gasteiger charge is -2.27. The van der Waals surface area contributed by atoms with Crippen LogP contribution in [0.3, 0.4) is 0 Å². The molecule has 1 heterocycles. The molecule has 0 spiro atoms. The third-order valence-corrected chi connectivity index (χ3v) is 3.76. The van der Waals surface area contributed by atoms with Gasteiger partial charge in [0.25, 0.3) is 0 Å². The molecule has 0 saturated carbocycles. The van der Waals surface area contributed by atoms with Crippen molar-refractivity contribution in [3.63, 3.8) is 0 Å². The lowest BCUT2D eigenvalue weighted by Crippen LogP contribution is -2.45. The van der Waals surface area contributed by atoms with Crippen molar-refractivity contribution in [3.8, 4) is 0 Å². The first-order valence-electron chi connectivity index (χ1n) is 7.32. The maximum absolute atomic E-state index is 13.8. The summed E-state index contributed by atoms with van der Waals surface area (Å²) in [4.78, 5) is 12.0. The van der Waals surface area contributed by atoms with E-state index in [4.69, 9.17) is 4.74 Å². The highest BCUT2D eigenvalue weighted by molar-refractivity contribution is 5.76. The van der Waals surface area contributed by atoms with Crippen LogP contribution in [0.4, 0.5) is 4.39 Å². The van der Waals surface area contributed by atoms with E-state index in [1.165, 1.54) is 6.07 Å². The molecular formula is C16H23FN2O2. The number of amides is 1. The van der Waals surface area contributed by atoms with Gasteiger partial charge in [0, 0.05) is 31.0 Å². The predicted octanol–water partition coefficient (Wildman–Crippen LogP) is 1.60. The molecule has 21 heavy (non-hydrogen) atoms. The molecule has 2 N–H and O–H groups in total. The molecule has 0 radical (unpaired) electrons. The molecular weight excluding hydrogens is 271 g/mol. The van der Waals surface area contributed by atoms with Gasteiger partial charge in [0.05, 0.1) is 13.2 Å². The van der Waals surface area contributed by atoms with Crippen LogP contribution in [0.25, 0.3) is 0 Å². The van der Waals surface area contributed by atoms with Gasteiger partial charge in [-0.05, 0) is 11.6 Å². The summed E-state index contributed by atoms with van der Waals surface area (Å²) in [6.45, 7) is 6.28.